The van der Waals surface area contributed by atoms with E-state index >= 15 is 0 Å². The van der Waals surface area contributed by atoms with Crippen LogP contribution in [0.3, 0.4) is 0 Å². The summed E-state index contributed by atoms with van der Waals surface area (Å²) in [4.78, 5) is 10.6. The molecule has 0 aromatic carbocycles. The predicted octanol–water partition coefficient (Wildman–Crippen LogP) is 0.584. The molecule has 0 fully saturated rings. The van der Waals surface area contributed by atoms with E-state index in [9.17, 15) is 0 Å². The first kappa shape index (κ1) is 12.8. The summed E-state index contributed by atoms with van der Waals surface area (Å²) >= 11 is 4.86. The number of ether oxygens (including phenoxy) is 1. The molecule has 0 spiro atoms. The highest BCUT2D eigenvalue weighted by atomic mass is 32.1. The van der Waals surface area contributed by atoms with E-state index in [0.29, 0.717) is 11.6 Å². The summed E-state index contributed by atoms with van der Waals surface area (Å²) in [5.74, 6) is 0.626. The summed E-state index contributed by atoms with van der Waals surface area (Å²) in [5, 5.41) is 0. The summed E-state index contributed by atoms with van der Waals surface area (Å²) in [6.45, 7) is 1.55. The Morgan fingerprint density at radius 3 is 3.00 bits per heavy atom. The van der Waals surface area contributed by atoms with Crippen molar-refractivity contribution in [2.75, 3.05) is 32.2 Å². The maximum Gasteiger partial charge on any atom is 0.225 e. The molecule has 0 radical (unpaired) electrons. The first-order valence-corrected chi connectivity index (χ1v) is 5.39. The maximum atomic E-state index is 5.51. The van der Waals surface area contributed by atoms with Crippen molar-refractivity contribution in [2.24, 2.45) is 5.73 Å². The lowest BCUT2D eigenvalue weighted by molar-refractivity contribution is 0.196. The van der Waals surface area contributed by atoms with Gasteiger partial charge in [-0.25, -0.2) is 9.97 Å². The molecule has 1 aromatic heterocycles. The van der Waals surface area contributed by atoms with E-state index in [0.717, 1.165) is 19.6 Å². The van der Waals surface area contributed by atoms with E-state index in [-0.39, 0.29) is 4.99 Å². The summed E-state index contributed by atoms with van der Waals surface area (Å²) in [6.07, 6.45) is 2.58. The van der Waals surface area contributed by atoms with Gasteiger partial charge in [-0.05, 0) is 12.5 Å². The van der Waals surface area contributed by atoms with Crippen LogP contribution >= 0.6 is 12.2 Å². The van der Waals surface area contributed by atoms with Crippen molar-refractivity contribution >= 4 is 23.2 Å². The summed E-state index contributed by atoms with van der Waals surface area (Å²) < 4.78 is 4.98. The van der Waals surface area contributed by atoms with Gasteiger partial charge in [0.25, 0.3) is 0 Å². The Balaban J connectivity index is 2.64. The summed E-state index contributed by atoms with van der Waals surface area (Å²) in [6, 6.07) is 1.70. The largest absolute Gasteiger partial charge is 0.388 e. The standard InChI is InChI=1S/C10H16N4OS/c1-14(6-3-7-15-2)10-12-5-4-8(13-10)9(11)16/h4-5H,3,6-7H2,1-2H3,(H2,11,16). The molecule has 0 amide bonds. The first-order valence-electron chi connectivity index (χ1n) is 4.98. The van der Waals surface area contributed by atoms with Crippen LogP contribution in [0.25, 0.3) is 0 Å². The summed E-state index contributed by atoms with van der Waals surface area (Å²) in [7, 11) is 3.61. The topological polar surface area (TPSA) is 64.3 Å². The molecular weight excluding hydrogens is 224 g/mol. The first-order chi connectivity index (χ1) is 7.65. The Labute approximate surface area is 101 Å². The lowest BCUT2D eigenvalue weighted by Crippen LogP contribution is -2.23. The number of rotatable bonds is 6. The molecule has 0 aliphatic heterocycles. The number of anilines is 1. The van der Waals surface area contributed by atoms with Crippen molar-refractivity contribution in [2.45, 2.75) is 6.42 Å². The SMILES string of the molecule is COCCCN(C)c1nccc(C(N)=S)n1. The molecule has 1 aromatic rings. The number of methoxy groups -OCH3 is 1. The van der Waals surface area contributed by atoms with E-state index in [1.807, 2.05) is 11.9 Å². The third-order valence-corrected chi connectivity index (χ3v) is 2.29. The van der Waals surface area contributed by atoms with Gasteiger partial charge in [0.2, 0.25) is 5.95 Å². The highest BCUT2D eigenvalue weighted by Crippen LogP contribution is 2.06. The second-order valence-electron chi connectivity index (χ2n) is 3.37. The molecule has 0 aliphatic carbocycles. The van der Waals surface area contributed by atoms with Crippen LogP contribution in [0.2, 0.25) is 0 Å². The van der Waals surface area contributed by atoms with Crippen LogP contribution < -0.4 is 10.6 Å². The van der Waals surface area contributed by atoms with Crippen LogP contribution in [-0.2, 0) is 4.74 Å². The molecule has 6 heteroatoms. The molecule has 88 valence electrons. The minimum atomic E-state index is 0.286. The third-order valence-electron chi connectivity index (χ3n) is 2.08. The molecule has 16 heavy (non-hydrogen) atoms. The third kappa shape index (κ3) is 3.71. The van der Waals surface area contributed by atoms with Gasteiger partial charge in [-0.1, -0.05) is 12.2 Å². The zero-order valence-electron chi connectivity index (χ0n) is 9.51. The highest BCUT2D eigenvalue weighted by Gasteiger charge is 2.06. The van der Waals surface area contributed by atoms with Gasteiger partial charge in [-0.3, -0.25) is 0 Å². The van der Waals surface area contributed by atoms with Gasteiger partial charge < -0.3 is 15.4 Å². The molecule has 5 nitrogen and oxygen atoms in total. The van der Waals surface area contributed by atoms with Crippen molar-refractivity contribution in [3.05, 3.63) is 18.0 Å². The zero-order valence-corrected chi connectivity index (χ0v) is 10.3. The van der Waals surface area contributed by atoms with Crippen molar-refractivity contribution < 1.29 is 4.74 Å². The van der Waals surface area contributed by atoms with Gasteiger partial charge in [0.1, 0.15) is 10.7 Å². The van der Waals surface area contributed by atoms with Crippen LogP contribution in [-0.4, -0.2) is 42.3 Å². The average Bonchev–Trinajstić information content (AvgIpc) is 2.29. The number of nitrogens with zero attached hydrogens (tertiary/aromatic N) is 3. The predicted molar refractivity (Wildman–Crippen MR) is 67.7 cm³/mol. The molecule has 0 saturated heterocycles. The van der Waals surface area contributed by atoms with Gasteiger partial charge in [0, 0.05) is 33.5 Å². The Morgan fingerprint density at radius 1 is 1.62 bits per heavy atom. The van der Waals surface area contributed by atoms with E-state index in [1.165, 1.54) is 0 Å². The van der Waals surface area contributed by atoms with Crippen LogP contribution in [0.5, 0.6) is 0 Å². The molecular formula is C10H16N4OS. The highest BCUT2D eigenvalue weighted by molar-refractivity contribution is 7.80. The van der Waals surface area contributed by atoms with Gasteiger partial charge >= 0.3 is 0 Å². The lowest BCUT2D eigenvalue weighted by atomic mass is 10.4. The van der Waals surface area contributed by atoms with Crippen molar-refractivity contribution in [1.82, 2.24) is 9.97 Å². The molecule has 1 heterocycles. The number of aromatic nitrogens is 2. The van der Waals surface area contributed by atoms with E-state index < -0.39 is 0 Å². The van der Waals surface area contributed by atoms with Gasteiger partial charge in [0.15, 0.2) is 0 Å². The minimum absolute atomic E-state index is 0.286. The fraction of sp³-hybridized carbons (Fsp3) is 0.500. The Morgan fingerprint density at radius 2 is 2.38 bits per heavy atom. The average molecular weight is 240 g/mol. The van der Waals surface area contributed by atoms with Crippen LogP contribution in [0.1, 0.15) is 12.1 Å². The monoisotopic (exact) mass is 240 g/mol. The lowest BCUT2D eigenvalue weighted by Gasteiger charge is -2.16. The molecule has 1 rings (SSSR count). The molecule has 0 saturated carbocycles. The molecule has 0 unspecified atom stereocenters. The van der Waals surface area contributed by atoms with E-state index in [4.69, 9.17) is 22.7 Å². The Kier molecular flexibility index (Phi) is 5.07. The smallest absolute Gasteiger partial charge is 0.225 e. The number of hydrogen-bond acceptors (Lipinski definition) is 5. The fourth-order valence-electron chi connectivity index (χ4n) is 1.22. The maximum absolute atomic E-state index is 5.51. The van der Waals surface area contributed by atoms with Crippen LogP contribution in [0, 0.1) is 0 Å². The van der Waals surface area contributed by atoms with Gasteiger partial charge in [-0.2, -0.15) is 0 Å². The molecule has 2 N–H and O–H groups in total. The molecule has 0 aliphatic rings. The number of nitrogens with two attached hydrogens (primary N) is 1. The zero-order chi connectivity index (χ0) is 12.0. The second kappa shape index (κ2) is 6.34. The quantitative estimate of drug-likeness (QED) is 0.580. The van der Waals surface area contributed by atoms with Gasteiger partial charge in [-0.15, -0.1) is 0 Å². The number of thiocarbonyl (C=S) groups is 1. The summed E-state index contributed by atoms with van der Waals surface area (Å²) in [5.41, 5.74) is 6.10. The fourth-order valence-corrected chi connectivity index (χ4v) is 1.33. The Hall–Kier alpha value is -1.27. The second-order valence-corrected chi connectivity index (χ2v) is 3.81. The van der Waals surface area contributed by atoms with E-state index in [1.54, 1.807) is 19.4 Å². The van der Waals surface area contributed by atoms with Crippen molar-refractivity contribution in [3.8, 4) is 0 Å². The van der Waals surface area contributed by atoms with Crippen LogP contribution in [0.4, 0.5) is 5.95 Å². The van der Waals surface area contributed by atoms with Crippen LogP contribution in [0.15, 0.2) is 12.3 Å². The van der Waals surface area contributed by atoms with Crippen molar-refractivity contribution in [1.29, 1.82) is 0 Å². The van der Waals surface area contributed by atoms with Gasteiger partial charge in [0.05, 0.1) is 0 Å². The normalized spacial score (nSPS) is 10.1. The minimum Gasteiger partial charge on any atom is -0.388 e. The number of hydrogen-bond donors (Lipinski definition) is 1. The van der Waals surface area contributed by atoms with E-state index in [2.05, 4.69) is 9.97 Å². The Bertz CT molecular complexity index is 358. The molecule has 0 atom stereocenters. The van der Waals surface area contributed by atoms with Crippen molar-refractivity contribution in [3.63, 3.8) is 0 Å². The molecule has 0 bridgehead atoms.